The zero-order valence-electron chi connectivity index (χ0n) is 10.1. The van der Waals surface area contributed by atoms with Crippen LogP contribution in [0.25, 0.3) is 10.9 Å². The summed E-state index contributed by atoms with van der Waals surface area (Å²) in [5, 5.41) is 11.3. The van der Waals surface area contributed by atoms with Crippen molar-refractivity contribution in [3.8, 4) is 0 Å². The van der Waals surface area contributed by atoms with Gasteiger partial charge >= 0.3 is 0 Å². The largest absolute Gasteiger partial charge is 0.351 e. The standard InChI is InChI=1S/C14H12N4O/c19-14(15-8-10-5-6-16-17-9-10)13-7-11-3-1-2-4-12(11)18-13/h1-7,9,18H,8H2,(H,15,19). The van der Waals surface area contributed by atoms with E-state index in [1.165, 1.54) is 0 Å². The molecule has 5 nitrogen and oxygen atoms in total. The highest BCUT2D eigenvalue weighted by Crippen LogP contribution is 2.14. The van der Waals surface area contributed by atoms with Gasteiger partial charge in [-0.3, -0.25) is 4.79 Å². The number of nitrogens with one attached hydrogen (secondary N) is 2. The number of H-pyrrole nitrogens is 1. The molecule has 3 rings (SSSR count). The van der Waals surface area contributed by atoms with E-state index >= 15 is 0 Å². The van der Waals surface area contributed by atoms with Crippen LogP contribution in [0, 0.1) is 0 Å². The maximum Gasteiger partial charge on any atom is 0.267 e. The van der Waals surface area contributed by atoms with Gasteiger partial charge in [-0.05, 0) is 23.8 Å². The second-order valence-corrected chi connectivity index (χ2v) is 4.20. The molecule has 3 aromatic rings. The summed E-state index contributed by atoms with van der Waals surface area (Å²) in [5.74, 6) is -0.131. The fraction of sp³-hybridized carbons (Fsp3) is 0.0714. The molecule has 0 fully saturated rings. The number of para-hydroxylation sites is 1. The van der Waals surface area contributed by atoms with Crippen LogP contribution < -0.4 is 5.32 Å². The van der Waals surface area contributed by atoms with E-state index < -0.39 is 0 Å². The second kappa shape index (κ2) is 4.89. The molecular formula is C14H12N4O. The summed E-state index contributed by atoms with van der Waals surface area (Å²) in [6.07, 6.45) is 3.23. The fourth-order valence-corrected chi connectivity index (χ4v) is 1.90. The molecule has 0 aliphatic heterocycles. The Balaban J connectivity index is 1.73. The lowest BCUT2D eigenvalue weighted by Gasteiger charge is -2.02. The number of hydrogen-bond acceptors (Lipinski definition) is 3. The van der Waals surface area contributed by atoms with Crippen molar-refractivity contribution in [2.24, 2.45) is 0 Å². The van der Waals surface area contributed by atoms with Crippen molar-refractivity contribution in [1.82, 2.24) is 20.5 Å². The molecule has 1 amide bonds. The highest BCUT2D eigenvalue weighted by atomic mass is 16.1. The highest BCUT2D eigenvalue weighted by Gasteiger charge is 2.08. The Labute approximate surface area is 109 Å². The third kappa shape index (κ3) is 2.44. The van der Waals surface area contributed by atoms with E-state index in [4.69, 9.17) is 0 Å². The third-order valence-corrected chi connectivity index (χ3v) is 2.87. The molecule has 1 aromatic carbocycles. The maximum absolute atomic E-state index is 12.0. The van der Waals surface area contributed by atoms with Gasteiger partial charge in [0.2, 0.25) is 0 Å². The number of nitrogens with zero attached hydrogens (tertiary/aromatic N) is 2. The van der Waals surface area contributed by atoms with Gasteiger partial charge in [0.1, 0.15) is 5.69 Å². The van der Waals surface area contributed by atoms with Crippen LogP contribution in [0.3, 0.4) is 0 Å². The molecule has 0 bridgehead atoms. The van der Waals surface area contributed by atoms with E-state index in [-0.39, 0.29) is 5.91 Å². The lowest BCUT2D eigenvalue weighted by Crippen LogP contribution is -2.23. The minimum Gasteiger partial charge on any atom is -0.351 e. The average Bonchev–Trinajstić information content (AvgIpc) is 2.90. The molecule has 94 valence electrons. The molecular weight excluding hydrogens is 240 g/mol. The maximum atomic E-state index is 12.0. The topological polar surface area (TPSA) is 70.7 Å². The van der Waals surface area contributed by atoms with Crippen molar-refractivity contribution >= 4 is 16.8 Å². The van der Waals surface area contributed by atoms with Crippen LogP contribution in [0.1, 0.15) is 16.1 Å². The summed E-state index contributed by atoms with van der Waals surface area (Å²) in [6, 6.07) is 11.5. The number of fused-ring (bicyclic) bond motifs is 1. The Morgan fingerprint density at radius 1 is 1.21 bits per heavy atom. The second-order valence-electron chi connectivity index (χ2n) is 4.20. The lowest BCUT2D eigenvalue weighted by molar-refractivity contribution is 0.0946. The summed E-state index contributed by atoms with van der Waals surface area (Å²) in [5.41, 5.74) is 2.43. The van der Waals surface area contributed by atoms with Gasteiger partial charge in [0, 0.05) is 23.6 Å². The Bertz CT molecular complexity index is 673. The normalized spacial score (nSPS) is 10.5. The molecule has 0 spiro atoms. The van der Waals surface area contributed by atoms with Gasteiger partial charge in [-0.2, -0.15) is 10.2 Å². The first-order valence-electron chi connectivity index (χ1n) is 5.94. The molecule has 0 aliphatic rings. The number of hydrogen-bond donors (Lipinski definition) is 2. The van der Waals surface area contributed by atoms with Crippen LogP contribution in [0.5, 0.6) is 0 Å². The third-order valence-electron chi connectivity index (χ3n) is 2.87. The zero-order valence-corrected chi connectivity index (χ0v) is 10.1. The van der Waals surface area contributed by atoms with Crippen molar-refractivity contribution in [3.63, 3.8) is 0 Å². The van der Waals surface area contributed by atoms with Crippen molar-refractivity contribution in [1.29, 1.82) is 0 Å². The predicted octanol–water partition coefficient (Wildman–Crippen LogP) is 1.89. The van der Waals surface area contributed by atoms with Gasteiger partial charge in [0.15, 0.2) is 0 Å². The minimum absolute atomic E-state index is 0.131. The lowest BCUT2D eigenvalue weighted by atomic mass is 10.2. The van der Waals surface area contributed by atoms with Crippen LogP contribution in [0.2, 0.25) is 0 Å². The number of aromatic nitrogens is 3. The molecule has 0 saturated heterocycles. The van der Waals surface area contributed by atoms with E-state index in [9.17, 15) is 4.79 Å². The summed E-state index contributed by atoms with van der Waals surface area (Å²) in [4.78, 5) is 15.1. The molecule has 19 heavy (non-hydrogen) atoms. The monoisotopic (exact) mass is 252 g/mol. The number of benzene rings is 1. The van der Waals surface area contributed by atoms with E-state index in [2.05, 4.69) is 20.5 Å². The van der Waals surface area contributed by atoms with E-state index in [1.807, 2.05) is 36.4 Å². The average molecular weight is 252 g/mol. The van der Waals surface area contributed by atoms with Crippen molar-refractivity contribution in [3.05, 3.63) is 60.0 Å². The molecule has 0 saturated carbocycles. The van der Waals surface area contributed by atoms with Gasteiger partial charge < -0.3 is 10.3 Å². The Hall–Kier alpha value is -2.69. The van der Waals surface area contributed by atoms with Crippen molar-refractivity contribution in [2.45, 2.75) is 6.54 Å². The molecule has 0 aliphatic carbocycles. The molecule has 2 aromatic heterocycles. The van der Waals surface area contributed by atoms with Crippen LogP contribution in [0.15, 0.2) is 48.8 Å². The SMILES string of the molecule is O=C(NCc1ccnnc1)c1cc2ccccc2[nH]1. The zero-order chi connectivity index (χ0) is 13.1. The minimum atomic E-state index is -0.131. The molecule has 2 heterocycles. The Morgan fingerprint density at radius 2 is 2.11 bits per heavy atom. The van der Waals surface area contributed by atoms with Crippen LogP contribution in [-0.4, -0.2) is 21.1 Å². The Kier molecular flexibility index (Phi) is 2.94. The van der Waals surface area contributed by atoms with Gasteiger partial charge in [0.25, 0.3) is 5.91 Å². The van der Waals surface area contributed by atoms with Gasteiger partial charge in [-0.25, -0.2) is 0 Å². The molecule has 0 unspecified atom stereocenters. The summed E-state index contributed by atoms with van der Waals surface area (Å²) < 4.78 is 0. The predicted molar refractivity (Wildman–Crippen MR) is 71.5 cm³/mol. The number of amides is 1. The van der Waals surface area contributed by atoms with Crippen LogP contribution >= 0.6 is 0 Å². The molecule has 5 heteroatoms. The fourth-order valence-electron chi connectivity index (χ4n) is 1.90. The van der Waals surface area contributed by atoms with E-state index in [0.717, 1.165) is 16.5 Å². The number of carbonyl (C=O) groups excluding carboxylic acids is 1. The highest BCUT2D eigenvalue weighted by molar-refractivity contribution is 5.97. The Morgan fingerprint density at radius 3 is 2.89 bits per heavy atom. The first kappa shape index (κ1) is 11.4. The number of carbonyl (C=O) groups is 1. The summed E-state index contributed by atoms with van der Waals surface area (Å²) >= 11 is 0. The quantitative estimate of drug-likeness (QED) is 0.747. The van der Waals surface area contributed by atoms with Gasteiger partial charge in [-0.15, -0.1) is 0 Å². The van der Waals surface area contributed by atoms with Crippen molar-refractivity contribution in [2.75, 3.05) is 0 Å². The molecule has 2 N–H and O–H groups in total. The van der Waals surface area contributed by atoms with E-state index in [0.29, 0.717) is 12.2 Å². The smallest absolute Gasteiger partial charge is 0.267 e. The van der Waals surface area contributed by atoms with Crippen LogP contribution in [0.4, 0.5) is 0 Å². The van der Waals surface area contributed by atoms with Gasteiger partial charge in [-0.1, -0.05) is 18.2 Å². The van der Waals surface area contributed by atoms with Gasteiger partial charge in [0.05, 0.1) is 6.20 Å². The molecule has 0 atom stereocenters. The van der Waals surface area contributed by atoms with E-state index in [1.54, 1.807) is 12.4 Å². The number of rotatable bonds is 3. The summed E-state index contributed by atoms with van der Waals surface area (Å²) in [6.45, 7) is 0.434. The van der Waals surface area contributed by atoms with Crippen LogP contribution in [-0.2, 0) is 6.54 Å². The summed E-state index contributed by atoms with van der Waals surface area (Å²) in [7, 11) is 0. The first-order valence-corrected chi connectivity index (χ1v) is 5.94. The molecule has 0 radical (unpaired) electrons. The van der Waals surface area contributed by atoms with Crippen molar-refractivity contribution < 1.29 is 4.79 Å². The first-order chi connectivity index (χ1) is 9.33. The number of aromatic amines is 1.